The molecule has 0 aliphatic carbocycles. The first kappa shape index (κ1) is 27.0. The normalized spacial score (nSPS) is 17.6. The number of hydrogen-bond donors (Lipinski definition) is 1. The van der Waals surface area contributed by atoms with Crippen LogP contribution in [0.4, 0.5) is 11.4 Å². The lowest BCUT2D eigenvalue weighted by atomic mass is 9.86. The highest BCUT2D eigenvalue weighted by Crippen LogP contribution is 2.55. The minimum absolute atomic E-state index is 0.152. The minimum atomic E-state index is -1.52. The predicted octanol–water partition coefficient (Wildman–Crippen LogP) is 6.78. The van der Waals surface area contributed by atoms with Gasteiger partial charge in [-0.15, -0.1) is 0 Å². The largest absolute Gasteiger partial charge is 0.496 e. The molecule has 4 heterocycles. The van der Waals surface area contributed by atoms with Crippen molar-refractivity contribution in [1.29, 1.82) is 0 Å². The Balaban J connectivity index is 1.72. The van der Waals surface area contributed by atoms with Gasteiger partial charge in [-0.1, -0.05) is 43.6 Å². The third-order valence-corrected chi connectivity index (χ3v) is 8.26. The maximum absolute atomic E-state index is 14.5. The van der Waals surface area contributed by atoms with Gasteiger partial charge >= 0.3 is 0 Å². The second kappa shape index (κ2) is 9.45. The number of ether oxygens (including phenoxy) is 1. The van der Waals surface area contributed by atoms with Crippen molar-refractivity contribution in [3.05, 3.63) is 87.5 Å². The molecule has 1 atom stereocenters. The van der Waals surface area contributed by atoms with Gasteiger partial charge in [-0.05, 0) is 69.0 Å². The van der Waals surface area contributed by atoms with E-state index in [0.717, 1.165) is 16.7 Å². The van der Waals surface area contributed by atoms with Crippen LogP contribution in [-0.2, 0) is 10.3 Å². The Hall–Kier alpha value is -4.17. The smallest absolute Gasteiger partial charge is 0.280 e. The Morgan fingerprint density at radius 1 is 1.02 bits per heavy atom. The van der Waals surface area contributed by atoms with Gasteiger partial charge in [-0.2, -0.15) is 0 Å². The Kier molecular flexibility index (Phi) is 6.23. The Morgan fingerprint density at radius 3 is 2.46 bits per heavy atom. The number of aryl methyl sites for hydroxylation is 2. The number of imidazole rings is 1. The van der Waals surface area contributed by atoms with Gasteiger partial charge in [0.05, 0.1) is 34.8 Å². The number of carbonyl (C=O) groups is 2. The van der Waals surface area contributed by atoms with Crippen LogP contribution in [0, 0.1) is 13.8 Å². The summed E-state index contributed by atoms with van der Waals surface area (Å²) in [6.07, 6.45) is 1.53. The van der Waals surface area contributed by atoms with Crippen LogP contribution < -0.4 is 15.0 Å². The van der Waals surface area contributed by atoms with Crippen LogP contribution in [0.1, 0.15) is 78.2 Å². The van der Waals surface area contributed by atoms with Gasteiger partial charge in [0.2, 0.25) is 0 Å². The lowest BCUT2D eigenvalue weighted by Crippen LogP contribution is -2.51. The number of halogens is 1. The van der Waals surface area contributed by atoms with Crippen molar-refractivity contribution in [3.63, 3.8) is 0 Å². The molecule has 8 nitrogen and oxygen atoms in total. The fourth-order valence-corrected chi connectivity index (χ4v) is 6.27. The number of amides is 2. The van der Waals surface area contributed by atoms with Gasteiger partial charge in [0.25, 0.3) is 11.8 Å². The number of hydrogen-bond acceptors (Lipinski definition) is 5. The Bertz CT molecular complexity index is 1760. The average molecular weight is 570 g/mol. The van der Waals surface area contributed by atoms with Crippen molar-refractivity contribution in [2.45, 2.75) is 59.0 Å². The molecule has 4 aromatic rings. The molecule has 2 aliphatic rings. The van der Waals surface area contributed by atoms with Crippen LogP contribution in [0.2, 0.25) is 5.02 Å². The summed E-state index contributed by atoms with van der Waals surface area (Å²) < 4.78 is 7.83. The lowest BCUT2D eigenvalue weighted by molar-refractivity contribution is -0.119. The topological polar surface area (TPSA) is 89.3 Å². The zero-order valence-corrected chi connectivity index (χ0v) is 24.9. The second-order valence-electron chi connectivity index (χ2n) is 11.3. The van der Waals surface area contributed by atoms with E-state index in [1.165, 1.54) is 11.1 Å². The van der Waals surface area contributed by atoms with Crippen LogP contribution >= 0.6 is 11.6 Å². The summed E-state index contributed by atoms with van der Waals surface area (Å²) in [6.45, 7) is 12.1. The minimum Gasteiger partial charge on any atom is -0.496 e. The number of nitrogens with zero attached hydrogens (tertiary/aromatic N) is 4. The van der Waals surface area contributed by atoms with Gasteiger partial charge < -0.3 is 14.6 Å². The third-order valence-electron chi connectivity index (χ3n) is 8.05. The molecule has 0 radical (unpaired) electrons. The molecular formula is C32H32ClN5O3. The van der Waals surface area contributed by atoms with Crippen molar-refractivity contribution in [2.75, 3.05) is 17.3 Å². The molecular weight excluding hydrogens is 538 g/mol. The molecule has 1 unspecified atom stereocenters. The van der Waals surface area contributed by atoms with E-state index < -0.39 is 11.4 Å². The predicted molar refractivity (Wildman–Crippen MR) is 160 cm³/mol. The number of aromatic nitrogens is 3. The zero-order chi connectivity index (χ0) is 29.4. The molecule has 9 heteroatoms. The van der Waals surface area contributed by atoms with Crippen molar-refractivity contribution >= 4 is 34.8 Å². The number of anilines is 2. The van der Waals surface area contributed by atoms with Crippen molar-refractivity contribution < 1.29 is 14.3 Å². The molecule has 2 amide bonds. The van der Waals surface area contributed by atoms with E-state index in [0.29, 0.717) is 50.8 Å². The maximum atomic E-state index is 14.5. The third kappa shape index (κ3) is 3.73. The first-order valence-corrected chi connectivity index (χ1v) is 14.1. The summed E-state index contributed by atoms with van der Waals surface area (Å²) in [5, 5.41) is 3.44. The van der Waals surface area contributed by atoms with Gasteiger partial charge in [0, 0.05) is 23.5 Å². The molecule has 1 spiro atoms. The summed E-state index contributed by atoms with van der Waals surface area (Å²) in [6, 6.07) is 13.4. The fourth-order valence-electron chi connectivity index (χ4n) is 6.12. The van der Waals surface area contributed by atoms with Crippen molar-refractivity contribution in [1.82, 2.24) is 14.5 Å². The molecule has 2 aromatic carbocycles. The molecule has 1 N–H and O–H groups in total. The summed E-state index contributed by atoms with van der Waals surface area (Å²) in [4.78, 5) is 39.8. The highest BCUT2D eigenvalue weighted by molar-refractivity contribution is 6.31. The van der Waals surface area contributed by atoms with Crippen molar-refractivity contribution in [3.8, 4) is 17.1 Å². The molecule has 41 heavy (non-hydrogen) atoms. The fraction of sp³-hybridized carbons (Fsp3) is 0.312. The highest BCUT2D eigenvalue weighted by atomic mass is 35.5. The number of carbonyl (C=O) groups excluding carboxylic acids is 2. The molecule has 0 saturated heterocycles. The quantitative estimate of drug-likeness (QED) is 0.286. The number of benzene rings is 2. The van der Waals surface area contributed by atoms with Gasteiger partial charge in [0.1, 0.15) is 11.6 Å². The van der Waals surface area contributed by atoms with Gasteiger partial charge in [-0.25, -0.2) is 4.98 Å². The molecule has 0 bridgehead atoms. The van der Waals surface area contributed by atoms with Crippen LogP contribution in [0.5, 0.6) is 5.75 Å². The SMILES string of the molecule is COc1cc(C(C)C)ccc1-c1nc2c(n1C(C)C)C1(C(=O)Nc3cc(C)ccc31)N(c1cc(Cl)cnc1C)C2=O. The summed E-state index contributed by atoms with van der Waals surface area (Å²) in [5.41, 5.74) is 4.44. The Labute approximate surface area is 244 Å². The van der Waals surface area contributed by atoms with E-state index in [1.807, 2.05) is 55.7 Å². The van der Waals surface area contributed by atoms with Gasteiger partial charge in [-0.3, -0.25) is 19.5 Å². The molecule has 2 aromatic heterocycles. The molecule has 210 valence electrons. The number of rotatable bonds is 5. The van der Waals surface area contributed by atoms with Crippen LogP contribution in [0.3, 0.4) is 0 Å². The number of nitrogens with one attached hydrogen (secondary N) is 1. The van der Waals surface area contributed by atoms with E-state index in [2.05, 4.69) is 30.2 Å². The molecule has 6 rings (SSSR count). The van der Waals surface area contributed by atoms with E-state index >= 15 is 0 Å². The number of methoxy groups -OCH3 is 1. The lowest BCUT2D eigenvalue weighted by Gasteiger charge is -2.36. The van der Waals surface area contributed by atoms with E-state index in [4.69, 9.17) is 21.3 Å². The van der Waals surface area contributed by atoms with Crippen LogP contribution in [-0.4, -0.2) is 33.5 Å². The first-order valence-electron chi connectivity index (χ1n) is 13.7. The summed E-state index contributed by atoms with van der Waals surface area (Å²) >= 11 is 6.40. The van der Waals surface area contributed by atoms with E-state index in [-0.39, 0.29) is 17.6 Å². The molecule has 2 aliphatic heterocycles. The van der Waals surface area contributed by atoms with Gasteiger partial charge in [0.15, 0.2) is 11.2 Å². The average Bonchev–Trinajstić information content (AvgIpc) is 3.53. The van der Waals surface area contributed by atoms with E-state index in [1.54, 1.807) is 20.1 Å². The molecule has 0 fully saturated rings. The Morgan fingerprint density at radius 2 is 1.78 bits per heavy atom. The zero-order valence-electron chi connectivity index (χ0n) is 24.2. The maximum Gasteiger partial charge on any atom is 0.280 e. The number of fused-ring (bicyclic) bond motifs is 4. The summed E-state index contributed by atoms with van der Waals surface area (Å²) in [7, 11) is 1.63. The highest BCUT2D eigenvalue weighted by Gasteiger charge is 2.64. The van der Waals surface area contributed by atoms with Crippen LogP contribution in [0.15, 0.2) is 48.7 Å². The van der Waals surface area contributed by atoms with Crippen LogP contribution in [0.25, 0.3) is 11.4 Å². The number of pyridine rings is 1. The van der Waals surface area contributed by atoms with E-state index in [9.17, 15) is 9.59 Å². The van der Waals surface area contributed by atoms with Crippen molar-refractivity contribution in [2.24, 2.45) is 0 Å². The standard InChI is InChI=1S/C32H32ClN5O3/c1-16(2)20-9-10-22(26(13-20)41-7)29-36-27-28(37(29)17(3)4)32(23-11-8-18(5)12-24(23)35-31(32)40)38(30(27)39)25-14-21(33)15-34-19(25)6/h8-17H,1-7H3,(H,35,40). The first-order chi connectivity index (χ1) is 19.5. The molecule has 0 saturated carbocycles. The summed E-state index contributed by atoms with van der Waals surface area (Å²) in [5.74, 6) is 0.804. The second-order valence-corrected chi connectivity index (χ2v) is 11.8. The monoisotopic (exact) mass is 569 g/mol.